The Labute approximate surface area is 124 Å². The number of para-hydroxylation sites is 1. The Hall–Kier alpha value is -2.14. The summed E-state index contributed by atoms with van der Waals surface area (Å²) in [6.07, 6.45) is 2.00. The van der Waals surface area contributed by atoms with Crippen LogP contribution in [0.1, 0.15) is 18.4 Å². The third-order valence-corrected chi connectivity index (χ3v) is 4.09. The summed E-state index contributed by atoms with van der Waals surface area (Å²) in [4.78, 5) is 6.91. The number of nitrogens with zero attached hydrogens (tertiary/aromatic N) is 2. The fourth-order valence-electron chi connectivity index (χ4n) is 2.82. The summed E-state index contributed by atoms with van der Waals surface area (Å²) in [7, 11) is 2.05. The van der Waals surface area contributed by atoms with E-state index < -0.39 is 0 Å². The minimum Gasteiger partial charge on any atom is -0.384 e. The maximum atomic E-state index is 7.81. The second kappa shape index (κ2) is 5.69. The summed E-state index contributed by atoms with van der Waals surface area (Å²) >= 11 is 0. The van der Waals surface area contributed by atoms with E-state index in [0.717, 1.165) is 48.3 Å². The van der Waals surface area contributed by atoms with E-state index in [0.29, 0.717) is 6.04 Å². The lowest BCUT2D eigenvalue weighted by molar-refractivity contribution is 0.0854. The number of rotatable bonds is 3. The van der Waals surface area contributed by atoms with Gasteiger partial charge in [-0.3, -0.25) is 5.41 Å². The van der Waals surface area contributed by atoms with Crippen molar-refractivity contribution < 1.29 is 4.74 Å². The van der Waals surface area contributed by atoms with Crippen LogP contribution < -0.4 is 10.6 Å². The van der Waals surface area contributed by atoms with Gasteiger partial charge in [0.25, 0.3) is 0 Å². The number of hydrogen-bond donors (Lipinski definition) is 2. The number of nitrogen functional groups attached to an aromatic ring is 1. The number of pyridine rings is 1. The van der Waals surface area contributed by atoms with Crippen LogP contribution >= 0.6 is 0 Å². The van der Waals surface area contributed by atoms with Gasteiger partial charge in [-0.15, -0.1) is 0 Å². The Morgan fingerprint density at radius 2 is 2.05 bits per heavy atom. The highest BCUT2D eigenvalue weighted by Crippen LogP contribution is 2.25. The van der Waals surface area contributed by atoms with E-state index in [4.69, 9.17) is 20.9 Å². The van der Waals surface area contributed by atoms with Crippen LogP contribution in [-0.4, -0.2) is 37.1 Å². The molecule has 2 heterocycles. The van der Waals surface area contributed by atoms with Crippen LogP contribution in [0.25, 0.3) is 10.9 Å². The normalized spacial score (nSPS) is 16.0. The van der Waals surface area contributed by atoms with Crippen molar-refractivity contribution in [1.29, 1.82) is 5.41 Å². The minimum absolute atomic E-state index is 0.0789. The van der Waals surface area contributed by atoms with E-state index in [1.807, 2.05) is 30.3 Å². The molecule has 0 saturated carbocycles. The third kappa shape index (κ3) is 2.69. The number of nitrogens with two attached hydrogens (primary N) is 1. The van der Waals surface area contributed by atoms with Crippen molar-refractivity contribution in [2.75, 3.05) is 25.2 Å². The maximum absolute atomic E-state index is 7.81. The molecular formula is C16H20N4O. The molecule has 21 heavy (non-hydrogen) atoms. The van der Waals surface area contributed by atoms with E-state index in [-0.39, 0.29) is 5.84 Å². The Morgan fingerprint density at radius 3 is 2.76 bits per heavy atom. The van der Waals surface area contributed by atoms with Gasteiger partial charge < -0.3 is 15.4 Å². The van der Waals surface area contributed by atoms with Gasteiger partial charge in [0, 0.05) is 37.3 Å². The van der Waals surface area contributed by atoms with Gasteiger partial charge in [0.05, 0.1) is 5.52 Å². The van der Waals surface area contributed by atoms with Crippen molar-refractivity contribution in [3.63, 3.8) is 0 Å². The van der Waals surface area contributed by atoms with E-state index in [2.05, 4.69) is 11.9 Å². The van der Waals surface area contributed by atoms with Crippen molar-refractivity contribution in [3.8, 4) is 0 Å². The first-order valence-electron chi connectivity index (χ1n) is 7.21. The van der Waals surface area contributed by atoms with E-state index in [1.54, 1.807) is 0 Å². The molecule has 1 aromatic heterocycles. The molecule has 1 aliphatic rings. The quantitative estimate of drug-likeness (QED) is 0.669. The number of anilines is 1. The van der Waals surface area contributed by atoms with Gasteiger partial charge in [-0.1, -0.05) is 18.2 Å². The summed E-state index contributed by atoms with van der Waals surface area (Å²) in [5.74, 6) is 0.945. The summed E-state index contributed by atoms with van der Waals surface area (Å²) in [5, 5.41) is 8.74. The molecule has 5 nitrogen and oxygen atoms in total. The van der Waals surface area contributed by atoms with E-state index in [9.17, 15) is 0 Å². The summed E-state index contributed by atoms with van der Waals surface area (Å²) in [5.41, 5.74) is 7.36. The summed E-state index contributed by atoms with van der Waals surface area (Å²) in [6.45, 7) is 1.59. The first-order chi connectivity index (χ1) is 10.2. The molecular weight excluding hydrogens is 264 g/mol. The fraction of sp³-hybridized carbons (Fsp3) is 0.375. The smallest absolute Gasteiger partial charge is 0.129 e. The molecule has 5 heteroatoms. The molecule has 2 aromatic rings. The van der Waals surface area contributed by atoms with Crippen molar-refractivity contribution in [2.45, 2.75) is 18.9 Å². The molecule has 110 valence electrons. The molecule has 1 aliphatic heterocycles. The largest absolute Gasteiger partial charge is 0.384 e. The van der Waals surface area contributed by atoms with E-state index in [1.165, 1.54) is 0 Å². The molecule has 0 spiro atoms. The standard InChI is InChI=1S/C16H20N4O/c1-20(11-6-8-21-9-7-11)15-10-13(16(17)18)12-4-2-3-5-14(12)19-15/h2-5,10-11H,6-9H2,1H3,(H3,17,18). The lowest BCUT2D eigenvalue weighted by Gasteiger charge is -2.32. The second-order valence-corrected chi connectivity index (χ2v) is 5.41. The Kier molecular flexibility index (Phi) is 3.75. The highest BCUT2D eigenvalue weighted by atomic mass is 16.5. The number of fused-ring (bicyclic) bond motifs is 1. The predicted octanol–water partition coefficient (Wildman–Crippen LogP) is 2.13. The summed E-state index contributed by atoms with van der Waals surface area (Å²) < 4.78 is 5.42. The van der Waals surface area contributed by atoms with Gasteiger partial charge in [-0.05, 0) is 25.0 Å². The van der Waals surface area contributed by atoms with Gasteiger partial charge in [0.1, 0.15) is 11.7 Å². The summed E-state index contributed by atoms with van der Waals surface area (Å²) in [6, 6.07) is 10.2. The average molecular weight is 284 g/mol. The molecule has 3 N–H and O–H groups in total. The van der Waals surface area contributed by atoms with Gasteiger partial charge in [-0.25, -0.2) is 4.98 Å². The van der Waals surface area contributed by atoms with Gasteiger partial charge >= 0.3 is 0 Å². The molecule has 0 atom stereocenters. The number of hydrogen-bond acceptors (Lipinski definition) is 4. The number of amidine groups is 1. The first-order valence-corrected chi connectivity index (χ1v) is 7.21. The van der Waals surface area contributed by atoms with Crippen LogP contribution in [0.2, 0.25) is 0 Å². The lowest BCUT2D eigenvalue weighted by atomic mass is 10.1. The molecule has 1 fully saturated rings. The third-order valence-electron chi connectivity index (χ3n) is 4.09. The topological polar surface area (TPSA) is 75.2 Å². The molecule has 1 aromatic carbocycles. The van der Waals surface area contributed by atoms with Crippen molar-refractivity contribution >= 4 is 22.6 Å². The minimum atomic E-state index is 0.0789. The SMILES string of the molecule is CN(c1cc(C(=N)N)c2ccccc2n1)C1CCOCC1. The predicted molar refractivity (Wildman–Crippen MR) is 85.0 cm³/mol. The zero-order chi connectivity index (χ0) is 14.8. The zero-order valence-corrected chi connectivity index (χ0v) is 12.2. The van der Waals surface area contributed by atoms with Crippen LogP contribution in [0, 0.1) is 5.41 Å². The van der Waals surface area contributed by atoms with Gasteiger partial charge in [-0.2, -0.15) is 0 Å². The maximum Gasteiger partial charge on any atom is 0.129 e. The van der Waals surface area contributed by atoms with Gasteiger partial charge in [0.15, 0.2) is 0 Å². The number of aromatic nitrogens is 1. The van der Waals surface area contributed by atoms with Crippen molar-refractivity contribution in [1.82, 2.24) is 4.98 Å². The van der Waals surface area contributed by atoms with Crippen molar-refractivity contribution in [3.05, 3.63) is 35.9 Å². The van der Waals surface area contributed by atoms with Crippen LogP contribution in [0.15, 0.2) is 30.3 Å². The number of benzene rings is 1. The molecule has 0 radical (unpaired) electrons. The van der Waals surface area contributed by atoms with Crippen LogP contribution in [0.4, 0.5) is 5.82 Å². The molecule has 3 rings (SSSR count). The van der Waals surface area contributed by atoms with Gasteiger partial charge in [0.2, 0.25) is 0 Å². The molecule has 0 aliphatic carbocycles. The zero-order valence-electron chi connectivity index (χ0n) is 12.2. The second-order valence-electron chi connectivity index (χ2n) is 5.41. The first kappa shape index (κ1) is 13.8. The number of ether oxygens (including phenoxy) is 1. The van der Waals surface area contributed by atoms with E-state index >= 15 is 0 Å². The van der Waals surface area contributed by atoms with Crippen LogP contribution in [-0.2, 0) is 4.74 Å². The Balaban J connectivity index is 2.04. The lowest BCUT2D eigenvalue weighted by Crippen LogP contribution is -2.37. The monoisotopic (exact) mass is 284 g/mol. The molecule has 0 unspecified atom stereocenters. The van der Waals surface area contributed by atoms with Crippen LogP contribution in [0.3, 0.4) is 0 Å². The highest BCUT2D eigenvalue weighted by molar-refractivity contribution is 6.07. The number of nitrogens with one attached hydrogen (secondary N) is 1. The fourth-order valence-corrected chi connectivity index (χ4v) is 2.82. The highest BCUT2D eigenvalue weighted by Gasteiger charge is 2.20. The molecule has 0 amide bonds. The Bertz CT molecular complexity index is 664. The van der Waals surface area contributed by atoms with Crippen molar-refractivity contribution in [2.24, 2.45) is 5.73 Å². The van der Waals surface area contributed by atoms with Crippen LogP contribution in [0.5, 0.6) is 0 Å². The molecule has 0 bridgehead atoms. The average Bonchev–Trinajstić information content (AvgIpc) is 2.53. The Morgan fingerprint density at radius 1 is 1.33 bits per heavy atom. The molecule has 1 saturated heterocycles.